The van der Waals surface area contributed by atoms with E-state index in [1.165, 1.54) is 14.0 Å². The first-order valence-electron chi connectivity index (χ1n) is 9.24. The summed E-state index contributed by atoms with van der Waals surface area (Å²) in [5.74, 6) is 0.749. The molecule has 0 spiro atoms. The monoisotopic (exact) mass is 434 g/mol. The zero-order chi connectivity index (χ0) is 20.4. The Kier molecular flexibility index (Phi) is 5.58. The van der Waals surface area contributed by atoms with Crippen LogP contribution in [0.3, 0.4) is 0 Å². The number of rotatable bonds is 8. The van der Waals surface area contributed by atoms with E-state index in [1.54, 1.807) is 16.0 Å². The second-order valence-electron chi connectivity index (χ2n) is 6.55. The van der Waals surface area contributed by atoms with E-state index < -0.39 is 5.56 Å². The molecule has 0 bridgehead atoms. The van der Waals surface area contributed by atoms with Crippen molar-refractivity contribution in [3.63, 3.8) is 0 Å². The van der Waals surface area contributed by atoms with Gasteiger partial charge in [0.1, 0.15) is 0 Å². The van der Waals surface area contributed by atoms with E-state index in [1.807, 2.05) is 24.4 Å². The molecule has 4 aromatic heterocycles. The summed E-state index contributed by atoms with van der Waals surface area (Å²) in [7, 11) is 0. The van der Waals surface area contributed by atoms with Crippen molar-refractivity contribution in [2.75, 3.05) is 0 Å². The van der Waals surface area contributed by atoms with Gasteiger partial charge in [0, 0.05) is 30.9 Å². The lowest BCUT2D eigenvalue weighted by atomic mass is 10.3. The molecule has 1 N–H and O–H groups in total. The van der Waals surface area contributed by atoms with E-state index in [0.717, 1.165) is 12.2 Å². The molecule has 0 aliphatic heterocycles. The van der Waals surface area contributed by atoms with Crippen LogP contribution >= 0.6 is 22.9 Å². The molecule has 0 atom stereocenters. The Labute approximate surface area is 173 Å². The van der Waals surface area contributed by atoms with Crippen LogP contribution < -0.4 is 11.2 Å². The molecule has 12 heteroatoms. The van der Waals surface area contributed by atoms with Gasteiger partial charge in [-0.05, 0) is 46.3 Å². The number of aromatic nitrogens is 8. The SMILES string of the molecule is CCCn1c(=O)n(CCCn2nnnc2Cc2cccs2)c(=O)c2[nH]c(Cl)nc21. The minimum absolute atomic E-state index is 0.0889. The summed E-state index contributed by atoms with van der Waals surface area (Å²) in [4.78, 5) is 33.6. The highest BCUT2D eigenvalue weighted by Gasteiger charge is 2.16. The number of imidazole rings is 1. The molecular formula is C17H19ClN8O2S. The van der Waals surface area contributed by atoms with Gasteiger partial charge in [-0.15, -0.1) is 16.4 Å². The first-order valence-corrected chi connectivity index (χ1v) is 10.5. The standard InChI is InChI=1S/C17H19ClN8O2S/c1-2-6-24-14-13(19-16(18)20-14)15(27)25(17(24)28)7-4-8-26-12(21-22-23-26)10-11-5-3-9-29-11/h3,5,9H,2,4,6-8,10H2,1H3,(H,19,20). The van der Waals surface area contributed by atoms with Gasteiger partial charge in [-0.1, -0.05) is 13.0 Å². The second-order valence-corrected chi connectivity index (χ2v) is 7.94. The maximum absolute atomic E-state index is 12.9. The highest BCUT2D eigenvalue weighted by molar-refractivity contribution is 7.09. The number of nitrogens with one attached hydrogen (secondary N) is 1. The molecular weight excluding hydrogens is 416 g/mol. The molecule has 4 heterocycles. The summed E-state index contributed by atoms with van der Waals surface area (Å²) in [5.41, 5.74) is -0.277. The van der Waals surface area contributed by atoms with Crippen molar-refractivity contribution < 1.29 is 0 Å². The van der Waals surface area contributed by atoms with Gasteiger partial charge in [0.25, 0.3) is 5.56 Å². The molecule has 0 amide bonds. The van der Waals surface area contributed by atoms with Crippen molar-refractivity contribution >= 4 is 34.1 Å². The van der Waals surface area contributed by atoms with Crippen LogP contribution in [0.1, 0.15) is 30.5 Å². The van der Waals surface area contributed by atoms with Crippen LogP contribution in [-0.4, -0.2) is 39.3 Å². The first-order chi connectivity index (χ1) is 14.1. The maximum atomic E-state index is 12.9. The molecule has 152 valence electrons. The number of thiophene rings is 1. The predicted molar refractivity (Wildman–Crippen MR) is 109 cm³/mol. The number of H-pyrrole nitrogens is 1. The Bertz CT molecular complexity index is 1240. The number of aromatic amines is 1. The molecule has 0 aliphatic carbocycles. The maximum Gasteiger partial charge on any atom is 0.332 e. The lowest BCUT2D eigenvalue weighted by Crippen LogP contribution is -2.40. The van der Waals surface area contributed by atoms with E-state index in [0.29, 0.717) is 31.6 Å². The lowest BCUT2D eigenvalue weighted by molar-refractivity contribution is 0.477. The van der Waals surface area contributed by atoms with Crippen molar-refractivity contribution in [3.8, 4) is 0 Å². The second kappa shape index (κ2) is 8.29. The van der Waals surface area contributed by atoms with Gasteiger partial charge in [0.05, 0.1) is 0 Å². The van der Waals surface area contributed by atoms with Gasteiger partial charge in [0.15, 0.2) is 17.0 Å². The van der Waals surface area contributed by atoms with Gasteiger partial charge in [-0.3, -0.25) is 13.9 Å². The summed E-state index contributed by atoms with van der Waals surface area (Å²) < 4.78 is 4.41. The molecule has 10 nitrogen and oxygen atoms in total. The molecule has 0 unspecified atom stereocenters. The smallest absolute Gasteiger partial charge is 0.323 e. The summed E-state index contributed by atoms with van der Waals surface area (Å²) in [5, 5.41) is 14.0. The molecule has 0 aliphatic rings. The Hall–Kier alpha value is -2.79. The fourth-order valence-electron chi connectivity index (χ4n) is 3.23. The molecule has 0 radical (unpaired) electrons. The average molecular weight is 435 g/mol. The largest absolute Gasteiger partial charge is 0.332 e. The van der Waals surface area contributed by atoms with Crippen molar-refractivity contribution in [2.24, 2.45) is 0 Å². The molecule has 0 saturated carbocycles. The zero-order valence-corrected chi connectivity index (χ0v) is 17.3. The van der Waals surface area contributed by atoms with Crippen LogP contribution in [0.4, 0.5) is 0 Å². The number of halogens is 1. The molecule has 4 aromatic rings. The molecule has 0 fully saturated rings. The highest BCUT2D eigenvalue weighted by Crippen LogP contribution is 2.13. The zero-order valence-electron chi connectivity index (χ0n) is 15.7. The number of fused-ring (bicyclic) bond motifs is 1. The average Bonchev–Trinajstić information content (AvgIpc) is 3.44. The molecule has 29 heavy (non-hydrogen) atoms. The van der Waals surface area contributed by atoms with E-state index in [9.17, 15) is 9.59 Å². The fourth-order valence-corrected chi connectivity index (χ4v) is 4.11. The highest BCUT2D eigenvalue weighted by atomic mass is 35.5. The third kappa shape index (κ3) is 3.87. The topological polar surface area (TPSA) is 116 Å². The Balaban J connectivity index is 1.56. The molecule has 0 saturated heterocycles. The van der Waals surface area contributed by atoms with Crippen LogP contribution in [0.25, 0.3) is 11.2 Å². The van der Waals surface area contributed by atoms with Crippen LogP contribution in [0.5, 0.6) is 0 Å². The summed E-state index contributed by atoms with van der Waals surface area (Å²) >= 11 is 7.57. The quantitative estimate of drug-likeness (QED) is 0.422. The third-order valence-corrected chi connectivity index (χ3v) is 5.61. The Morgan fingerprint density at radius 3 is 2.83 bits per heavy atom. The fraction of sp³-hybridized carbons (Fsp3) is 0.412. The number of tetrazole rings is 1. The number of nitrogens with zero attached hydrogens (tertiary/aromatic N) is 7. The van der Waals surface area contributed by atoms with Crippen LogP contribution in [-0.2, 0) is 26.1 Å². The van der Waals surface area contributed by atoms with Crippen molar-refractivity contribution in [2.45, 2.75) is 45.8 Å². The van der Waals surface area contributed by atoms with Crippen molar-refractivity contribution in [1.29, 1.82) is 0 Å². The van der Waals surface area contributed by atoms with Gasteiger partial charge >= 0.3 is 5.69 Å². The summed E-state index contributed by atoms with van der Waals surface area (Å²) in [6.45, 7) is 3.14. The van der Waals surface area contributed by atoms with Crippen molar-refractivity contribution in [3.05, 3.63) is 54.3 Å². The molecule has 4 rings (SSSR count). The van der Waals surface area contributed by atoms with Crippen LogP contribution in [0.2, 0.25) is 5.28 Å². The van der Waals surface area contributed by atoms with Gasteiger partial charge in [-0.2, -0.15) is 4.98 Å². The van der Waals surface area contributed by atoms with Crippen molar-refractivity contribution in [1.82, 2.24) is 39.3 Å². The predicted octanol–water partition coefficient (Wildman–Crippen LogP) is 1.68. The number of aryl methyl sites for hydroxylation is 2. The lowest BCUT2D eigenvalue weighted by Gasteiger charge is -2.10. The summed E-state index contributed by atoms with van der Waals surface area (Å²) in [6.07, 6.45) is 1.90. The minimum Gasteiger partial charge on any atom is -0.323 e. The molecule has 0 aromatic carbocycles. The van der Waals surface area contributed by atoms with Gasteiger partial charge in [-0.25, -0.2) is 9.48 Å². The third-order valence-electron chi connectivity index (χ3n) is 4.55. The van der Waals surface area contributed by atoms with Gasteiger partial charge < -0.3 is 4.98 Å². The first kappa shape index (κ1) is 19.5. The van der Waals surface area contributed by atoms with E-state index in [4.69, 9.17) is 11.6 Å². The normalized spacial score (nSPS) is 11.5. The summed E-state index contributed by atoms with van der Waals surface area (Å²) in [6, 6.07) is 4.02. The van der Waals surface area contributed by atoms with E-state index >= 15 is 0 Å². The minimum atomic E-state index is -0.424. The number of hydrogen-bond acceptors (Lipinski definition) is 7. The van der Waals surface area contributed by atoms with Crippen LogP contribution in [0.15, 0.2) is 27.1 Å². The van der Waals surface area contributed by atoms with Gasteiger partial charge in [0.2, 0.25) is 5.28 Å². The van der Waals surface area contributed by atoms with E-state index in [-0.39, 0.29) is 23.0 Å². The Morgan fingerprint density at radius 2 is 2.07 bits per heavy atom. The van der Waals surface area contributed by atoms with E-state index in [2.05, 4.69) is 25.5 Å². The van der Waals surface area contributed by atoms with Crippen LogP contribution in [0, 0.1) is 0 Å². The Morgan fingerprint density at radius 1 is 1.21 bits per heavy atom. The number of hydrogen-bond donors (Lipinski definition) is 1.